The van der Waals surface area contributed by atoms with Crippen molar-refractivity contribution in [2.45, 2.75) is 6.92 Å². The van der Waals surface area contributed by atoms with Crippen molar-refractivity contribution < 1.29 is 17.9 Å². The van der Waals surface area contributed by atoms with Crippen LogP contribution in [-0.4, -0.2) is 51.0 Å². The number of nitrogens with zero attached hydrogens (tertiary/aromatic N) is 2. The predicted octanol–water partition coefficient (Wildman–Crippen LogP) is 0.105. The van der Waals surface area contributed by atoms with Crippen molar-refractivity contribution in [3.8, 4) is 0 Å². The van der Waals surface area contributed by atoms with Gasteiger partial charge in [0.25, 0.3) is 0 Å². The van der Waals surface area contributed by atoms with Gasteiger partial charge in [-0.2, -0.15) is 0 Å². The van der Waals surface area contributed by atoms with E-state index in [0.29, 0.717) is 0 Å². The number of cyclic esters (lactones) is 1. The van der Waals surface area contributed by atoms with Gasteiger partial charge in [-0.05, 0) is 0 Å². The van der Waals surface area contributed by atoms with E-state index >= 15 is 0 Å². The van der Waals surface area contributed by atoms with Gasteiger partial charge in [0.2, 0.25) is 5.90 Å². The molecular formula is C8H14N2O4S. The minimum atomic E-state index is -3.09. The smallest absolute Gasteiger partial charge is 0.395 e. The number of sulfone groups is 1. The molecule has 0 radical (unpaired) electrons. The minimum Gasteiger partial charge on any atom is -0.395 e. The van der Waals surface area contributed by atoms with Crippen molar-refractivity contribution in [3.63, 3.8) is 0 Å². The Kier molecular flexibility index (Phi) is 3.33. The van der Waals surface area contributed by atoms with Gasteiger partial charge in [-0.1, -0.05) is 6.92 Å². The van der Waals surface area contributed by atoms with Crippen molar-refractivity contribution in [2.24, 2.45) is 10.9 Å². The highest BCUT2D eigenvalue weighted by atomic mass is 32.2. The zero-order valence-corrected chi connectivity index (χ0v) is 9.74. The fraction of sp³-hybridized carbons (Fsp3) is 0.750. The molecule has 1 atom stereocenters. The number of hydrogen-bond donors (Lipinski definition) is 0. The molecule has 0 N–H and O–H groups in total. The summed E-state index contributed by atoms with van der Waals surface area (Å²) in [6.07, 6.45) is 0.640. The van der Waals surface area contributed by atoms with Crippen LogP contribution in [0.1, 0.15) is 6.92 Å². The van der Waals surface area contributed by atoms with Gasteiger partial charge in [-0.15, -0.1) is 0 Å². The Bertz CT molecular complexity index is 387. The first kappa shape index (κ1) is 12.0. The monoisotopic (exact) mass is 234 g/mol. The van der Waals surface area contributed by atoms with Gasteiger partial charge in [0.15, 0.2) is 0 Å². The average Bonchev–Trinajstić information content (AvgIpc) is 2.06. The maximum atomic E-state index is 11.1. The molecule has 15 heavy (non-hydrogen) atoms. The summed E-state index contributed by atoms with van der Waals surface area (Å²) in [4.78, 5) is 16.4. The zero-order valence-electron chi connectivity index (χ0n) is 8.93. The molecule has 7 heteroatoms. The fourth-order valence-corrected chi connectivity index (χ4v) is 2.27. The standard InChI is InChI=1S/C8H14N2O4S/c1-6(4-15(3,12)13)7-9-5-10(2)8(11)14-7/h6H,4-5H2,1-3H3. The Morgan fingerprint density at radius 1 is 1.60 bits per heavy atom. The molecule has 6 nitrogen and oxygen atoms in total. The van der Waals surface area contributed by atoms with E-state index in [0.717, 1.165) is 6.26 Å². The fourth-order valence-electron chi connectivity index (χ4n) is 1.21. The van der Waals surface area contributed by atoms with E-state index in [1.807, 2.05) is 0 Å². The number of aliphatic imine (C=N–C) groups is 1. The third-order valence-electron chi connectivity index (χ3n) is 1.92. The van der Waals surface area contributed by atoms with Crippen LogP contribution in [0.4, 0.5) is 4.79 Å². The summed E-state index contributed by atoms with van der Waals surface area (Å²) < 4.78 is 26.9. The van der Waals surface area contributed by atoms with Gasteiger partial charge in [0.1, 0.15) is 16.5 Å². The normalized spacial score (nSPS) is 19.5. The van der Waals surface area contributed by atoms with Gasteiger partial charge < -0.3 is 4.74 Å². The lowest BCUT2D eigenvalue weighted by atomic mass is 10.2. The molecule has 1 heterocycles. The van der Waals surface area contributed by atoms with E-state index in [-0.39, 0.29) is 18.3 Å². The van der Waals surface area contributed by atoms with Crippen LogP contribution in [0.15, 0.2) is 4.99 Å². The van der Waals surface area contributed by atoms with Crippen LogP contribution in [0.25, 0.3) is 0 Å². The van der Waals surface area contributed by atoms with Crippen molar-refractivity contribution in [2.75, 3.05) is 25.7 Å². The molecule has 0 saturated heterocycles. The summed E-state index contributed by atoms with van der Waals surface area (Å²) in [5.74, 6) is -0.260. The molecule has 0 bridgehead atoms. The number of carbonyl (C=O) groups excluding carboxylic acids is 1. The lowest BCUT2D eigenvalue weighted by Gasteiger charge is -2.23. The number of carbonyl (C=O) groups is 1. The molecule has 1 unspecified atom stereocenters. The first-order chi connectivity index (χ1) is 6.79. The summed E-state index contributed by atoms with van der Waals surface area (Å²) in [5, 5.41) is 0. The molecule has 0 spiro atoms. The van der Waals surface area contributed by atoms with Crippen molar-refractivity contribution in [1.82, 2.24) is 4.90 Å². The quantitative estimate of drug-likeness (QED) is 0.694. The third kappa shape index (κ3) is 3.50. The molecule has 0 saturated carbocycles. The molecule has 86 valence electrons. The van der Waals surface area contributed by atoms with E-state index in [1.54, 1.807) is 14.0 Å². The van der Waals surface area contributed by atoms with Crippen LogP contribution in [0.5, 0.6) is 0 Å². The van der Waals surface area contributed by atoms with E-state index < -0.39 is 21.8 Å². The van der Waals surface area contributed by atoms with Crippen LogP contribution in [0, 0.1) is 5.92 Å². The number of ether oxygens (including phenoxy) is 1. The van der Waals surface area contributed by atoms with Crippen molar-refractivity contribution in [3.05, 3.63) is 0 Å². The number of hydrogen-bond acceptors (Lipinski definition) is 5. The average molecular weight is 234 g/mol. The highest BCUT2D eigenvalue weighted by Gasteiger charge is 2.25. The summed E-state index contributed by atoms with van der Waals surface area (Å²) >= 11 is 0. The highest BCUT2D eigenvalue weighted by molar-refractivity contribution is 7.90. The van der Waals surface area contributed by atoms with Crippen molar-refractivity contribution in [1.29, 1.82) is 0 Å². The van der Waals surface area contributed by atoms with E-state index in [2.05, 4.69) is 4.99 Å². The molecule has 0 aromatic heterocycles. The summed E-state index contributed by atoms with van der Waals surface area (Å²) in [6, 6.07) is 0. The summed E-state index contributed by atoms with van der Waals surface area (Å²) in [5.41, 5.74) is 0. The molecule has 1 rings (SSSR count). The van der Waals surface area contributed by atoms with Crippen LogP contribution in [0.3, 0.4) is 0 Å². The molecule has 0 aliphatic carbocycles. The molecule has 0 aromatic carbocycles. The van der Waals surface area contributed by atoms with Crippen LogP contribution in [0.2, 0.25) is 0 Å². The third-order valence-corrected chi connectivity index (χ3v) is 3.02. The summed E-state index contributed by atoms with van der Waals surface area (Å²) in [7, 11) is -1.53. The topological polar surface area (TPSA) is 76.0 Å². The predicted molar refractivity (Wildman–Crippen MR) is 55.4 cm³/mol. The molecule has 1 amide bonds. The second kappa shape index (κ2) is 4.18. The molecular weight excluding hydrogens is 220 g/mol. The number of rotatable bonds is 3. The Labute approximate surface area is 88.8 Å². The SMILES string of the molecule is CC(CS(C)(=O)=O)C1=NCN(C)C(=O)O1. The van der Waals surface area contributed by atoms with Gasteiger partial charge in [0, 0.05) is 19.2 Å². The molecule has 0 fully saturated rings. The van der Waals surface area contributed by atoms with Crippen LogP contribution >= 0.6 is 0 Å². The maximum Gasteiger partial charge on any atom is 0.417 e. The van der Waals surface area contributed by atoms with Crippen LogP contribution < -0.4 is 0 Å². The van der Waals surface area contributed by atoms with E-state index in [4.69, 9.17) is 4.74 Å². The lowest BCUT2D eigenvalue weighted by Crippen LogP contribution is -2.38. The van der Waals surface area contributed by atoms with Crippen molar-refractivity contribution >= 4 is 21.8 Å². The van der Waals surface area contributed by atoms with Gasteiger partial charge in [-0.25, -0.2) is 18.2 Å². The number of amides is 1. The van der Waals surface area contributed by atoms with Gasteiger partial charge >= 0.3 is 6.09 Å². The summed E-state index contributed by atoms with van der Waals surface area (Å²) in [6.45, 7) is 1.88. The molecule has 1 aliphatic rings. The largest absolute Gasteiger partial charge is 0.417 e. The Hall–Kier alpha value is -1.11. The maximum absolute atomic E-state index is 11.1. The van der Waals surface area contributed by atoms with Gasteiger partial charge in [-0.3, -0.25) is 4.90 Å². The molecule has 1 aliphatic heterocycles. The zero-order chi connectivity index (χ0) is 11.6. The minimum absolute atomic E-state index is 0.0666. The van der Waals surface area contributed by atoms with Gasteiger partial charge in [0.05, 0.1) is 5.75 Å². The lowest BCUT2D eigenvalue weighted by molar-refractivity contribution is 0.148. The Morgan fingerprint density at radius 3 is 2.67 bits per heavy atom. The first-order valence-corrected chi connectivity index (χ1v) is 6.50. The Balaban J connectivity index is 2.70. The van der Waals surface area contributed by atoms with Crippen LogP contribution in [-0.2, 0) is 14.6 Å². The Morgan fingerprint density at radius 2 is 2.20 bits per heavy atom. The van der Waals surface area contributed by atoms with E-state index in [1.165, 1.54) is 4.90 Å². The second-order valence-electron chi connectivity index (χ2n) is 3.70. The second-order valence-corrected chi connectivity index (χ2v) is 5.88. The van der Waals surface area contributed by atoms with E-state index in [9.17, 15) is 13.2 Å². The first-order valence-electron chi connectivity index (χ1n) is 4.44. The molecule has 0 aromatic rings. The highest BCUT2D eigenvalue weighted by Crippen LogP contribution is 2.10.